The number of carbonyl (C=O) groups excluding carboxylic acids is 4. The van der Waals surface area contributed by atoms with Crippen LogP contribution in [0.1, 0.15) is 30.8 Å². The molecule has 0 amide bonds. The molecule has 0 spiro atoms. The van der Waals surface area contributed by atoms with Crippen LogP contribution >= 0.6 is 0 Å². The zero-order chi connectivity index (χ0) is 19.9. The van der Waals surface area contributed by atoms with Gasteiger partial charge < -0.3 is 9.97 Å². The number of H-pyrrole nitrogens is 2. The van der Waals surface area contributed by atoms with E-state index in [1.165, 1.54) is 62.2 Å². The summed E-state index contributed by atoms with van der Waals surface area (Å²) in [6.45, 7) is 0. The number of imidazole rings is 4. The number of nitrogens with one attached hydrogen (secondary N) is 2. The van der Waals surface area contributed by atoms with Crippen molar-refractivity contribution in [1.29, 1.82) is 0 Å². The summed E-state index contributed by atoms with van der Waals surface area (Å²) in [5.41, 5.74) is 0. The van der Waals surface area contributed by atoms with Crippen LogP contribution in [-0.2, 0) is 0 Å². The van der Waals surface area contributed by atoms with Gasteiger partial charge in [-0.05, 0) is 0 Å². The molecule has 12 nitrogen and oxygen atoms in total. The van der Waals surface area contributed by atoms with Gasteiger partial charge in [-0.25, -0.2) is 19.9 Å². The summed E-state index contributed by atoms with van der Waals surface area (Å²) in [5.74, 6) is -2.70. The van der Waals surface area contributed by atoms with Gasteiger partial charge in [0.1, 0.15) is 12.7 Å². The van der Waals surface area contributed by atoms with Crippen LogP contribution in [0.4, 0.5) is 0 Å². The first-order chi connectivity index (χ1) is 13.6. The first kappa shape index (κ1) is 18.3. The van der Waals surface area contributed by atoms with E-state index in [4.69, 9.17) is 0 Å². The van der Waals surface area contributed by atoms with Crippen LogP contribution in [-0.4, -0.2) is 62.4 Å². The Labute approximate surface area is 156 Å². The van der Waals surface area contributed by atoms with Crippen molar-refractivity contribution >= 4 is 23.4 Å². The first-order valence-electron chi connectivity index (χ1n) is 7.70. The third-order valence-corrected chi connectivity index (χ3v) is 3.29. The Balaban J connectivity index is 0.000000161. The zero-order valence-corrected chi connectivity index (χ0v) is 14.1. The fraction of sp³-hybridized carbons (Fsp3) is 0. The van der Waals surface area contributed by atoms with E-state index in [9.17, 15) is 19.2 Å². The predicted octanol–water partition coefficient (Wildman–Crippen LogP) is 0.259. The van der Waals surface area contributed by atoms with E-state index in [1.54, 1.807) is 0 Å². The molecule has 0 radical (unpaired) electrons. The quantitative estimate of drug-likeness (QED) is 0.378. The number of nitrogens with zero attached hydrogens (tertiary/aromatic N) is 6. The minimum absolute atomic E-state index is 0.0198. The topological polar surface area (TPSA) is 161 Å². The normalized spacial score (nSPS) is 10.0. The lowest BCUT2D eigenvalue weighted by atomic mass is 10.2. The second-order valence-electron chi connectivity index (χ2n) is 5.08. The van der Waals surface area contributed by atoms with Crippen molar-refractivity contribution in [2.24, 2.45) is 0 Å². The van der Waals surface area contributed by atoms with Gasteiger partial charge in [-0.15, -0.1) is 0 Å². The summed E-state index contributed by atoms with van der Waals surface area (Å²) in [6, 6.07) is 0. The van der Waals surface area contributed by atoms with Crippen molar-refractivity contribution in [3.8, 4) is 0 Å². The fourth-order valence-corrected chi connectivity index (χ4v) is 1.97. The Kier molecular flexibility index (Phi) is 5.41. The number of hydrogen-bond acceptors (Lipinski definition) is 8. The minimum atomic E-state index is -0.704. The Morgan fingerprint density at radius 2 is 1.11 bits per heavy atom. The molecule has 0 aliphatic heterocycles. The average Bonchev–Trinajstić information content (AvgIpc) is 3.54. The number of aromatic amines is 2. The largest absolute Gasteiger partial charge is 0.342 e. The standard InChI is InChI=1S/2C8H6N4O2/c13-7(11-3-1-9-5-11)8(14)12-4-2-10-6-12;13-5(7-9-1-2-10-7)6(14)8-11-3-4-12-8/h1-6H;1-4H,(H,9,10)(H,11,12). The second-order valence-corrected chi connectivity index (χ2v) is 5.08. The molecule has 4 rings (SSSR count). The van der Waals surface area contributed by atoms with Gasteiger partial charge in [0.2, 0.25) is 0 Å². The summed E-state index contributed by atoms with van der Waals surface area (Å²) >= 11 is 0. The highest BCUT2D eigenvalue weighted by atomic mass is 16.2. The highest BCUT2D eigenvalue weighted by Crippen LogP contribution is 1.98. The van der Waals surface area contributed by atoms with Crippen LogP contribution in [0.3, 0.4) is 0 Å². The molecule has 4 heterocycles. The lowest BCUT2D eigenvalue weighted by Gasteiger charge is -1.99. The van der Waals surface area contributed by atoms with E-state index >= 15 is 0 Å². The maximum atomic E-state index is 11.4. The molecule has 4 aromatic rings. The van der Waals surface area contributed by atoms with Crippen LogP contribution in [0, 0.1) is 0 Å². The predicted molar refractivity (Wildman–Crippen MR) is 91.5 cm³/mol. The molecule has 0 aliphatic carbocycles. The summed E-state index contributed by atoms with van der Waals surface area (Å²) in [6.07, 6.45) is 14.0. The number of carbonyl (C=O) groups is 4. The number of ketones is 2. The van der Waals surface area contributed by atoms with E-state index in [0.717, 1.165) is 9.13 Å². The van der Waals surface area contributed by atoms with E-state index in [0.29, 0.717) is 0 Å². The molecule has 0 bridgehead atoms. The van der Waals surface area contributed by atoms with Crippen LogP contribution in [0.15, 0.2) is 62.2 Å². The molecule has 2 N–H and O–H groups in total. The maximum Gasteiger partial charge on any atom is 0.322 e. The molecule has 0 saturated heterocycles. The molecular weight excluding hydrogens is 368 g/mol. The molecule has 0 saturated carbocycles. The van der Waals surface area contributed by atoms with E-state index < -0.39 is 23.4 Å². The van der Waals surface area contributed by atoms with Crippen molar-refractivity contribution in [2.45, 2.75) is 0 Å². The highest BCUT2D eigenvalue weighted by molar-refractivity contribution is 6.47. The van der Waals surface area contributed by atoms with Crippen molar-refractivity contribution in [3.05, 3.63) is 73.9 Å². The Bertz CT molecular complexity index is 887. The number of hydrogen-bond donors (Lipinski definition) is 2. The van der Waals surface area contributed by atoms with E-state index in [-0.39, 0.29) is 11.6 Å². The van der Waals surface area contributed by atoms with Crippen LogP contribution in [0.5, 0.6) is 0 Å². The van der Waals surface area contributed by atoms with Crippen molar-refractivity contribution in [1.82, 2.24) is 39.0 Å². The molecule has 4 aromatic heterocycles. The van der Waals surface area contributed by atoms with Crippen molar-refractivity contribution in [2.75, 3.05) is 0 Å². The Morgan fingerprint density at radius 3 is 1.39 bits per heavy atom. The highest BCUT2D eigenvalue weighted by Gasteiger charge is 2.22. The molecule has 140 valence electrons. The van der Waals surface area contributed by atoms with Crippen LogP contribution in [0.25, 0.3) is 0 Å². The fourth-order valence-electron chi connectivity index (χ4n) is 1.97. The summed E-state index contributed by atoms with van der Waals surface area (Å²) in [4.78, 5) is 65.5. The maximum absolute atomic E-state index is 11.4. The third-order valence-electron chi connectivity index (χ3n) is 3.29. The summed E-state index contributed by atoms with van der Waals surface area (Å²) in [7, 11) is 0. The number of aromatic nitrogens is 8. The van der Waals surface area contributed by atoms with Gasteiger partial charge in [0, 0.05) is 49.6 Å². The van der Waals surface area contributed by atoms with E-state index in [1.807, 2.05) is 0 Å². The zero-order valence-electron chi connectivity index (χ0n) is 14.1. The van der Waals surface area contributed by atoms with Crippen LogP contribution in [0.2, 0.25) is 0 Å². The molecule has 12 heteroatoms. The van der Waals surface area contributed by atoms with Gasteiger partial charge in [-0.1, -0.05) is 0 Å². The van der Waals surface area contributed by atoms with Crippen LogP contribution < -0.4 is 0 Å². The molecule has 0 unspecified atom stereocenters. The molecule has 0 aliphatic rings. The van der Waals surface area contributed by atoms with E-state index in [2.05, 4.69) is 29.9 Å². The van der Waals surface area contributed by atoms with Gasteiger partial charge in [-0.2, -0.15) is 0 Å². The molecular formula is C16H12N8O4. The Hall–Kier alpha value is -4.48. The molecule has 0 aromatic carbocycles. The minimum Gasteiger partial charge on any atom is -0.342 e. The lowest BCUT2D eigenvalue weighted by molar-refractivity contribution is 0.0716. The molecule has 28 heavy (non-hydrogen) atoms. The summed E-state index contributed by atoms with van der Waals surface area (Å²) < 4.78 is 2.23. The molecule has 0 fully saturated rings. The number of rotatable bonds is 3. The van der Waals surface area contributed by atoms with Crippen molar-refractivity contribution in [3.63, 3.8) is 0 Å². The second kappa shape index (κ2) is 8.27. The molecule has 0 atom stereocenters. The van der Waals surface area contributed by atoms with Crippen molar-refractivity contribution < 1.29 is 19.2 Å². The van der Waals surface area contributed by atoms with Gasteiger partial charge in [0.05, 0.1) is 0 Å². The van der Waals surface area contributed by atoms with Gasteiger partial charge >= 0.3 is 11.8 Å². The van der Waals surface area contributed by atoms with Gasteiger partial charge in [0.25, 0.3) is 11.6 Å². The van der Waals surface area contributed by atoms with Gasteiger partial charge in [-0.3, -0.25) is 28.3 Å². The first-order valence-corrected chi connectivity index (χ1v) is 7.70. The monoisotopic (exact) mass is 380 g/mol. The lowest BCUT2D eigenvalue weighted by Crippen LogP contribution is -2.25. The number of Topliss-reactive ketones (excluding diaryl/α,β-unsaturated/α-hetero) is 2. The smallest absolute Gasteiger partial charge is 0.322 e. The third kappa shape index (κ3) is 4.01. The SMILES string of the molecule is O=C(C(=O)c1ncc[nH]1)c1ncc[nH]1.O=C(C(=O)n1ccnc1)n1ccnc1. The average molecular weight is 380 g/mol. The Morgan fingerprint density at radius 1 is 0.679 bits per heavy atom. The summed E-state index contributed by atoms with van der Waals surface area (Å²) in [5, 5.41) is 0. The van der Waals surface area contributed by atoms with Gasteiger partial charge in [0.15, 0.2) is 11.6 Å².